The Balaban J connectivity index is 1.62. The number of fused-ring (bicyclic) bond motifs is 5. The number of allylic oxidation sites excluding steroid dienone is 4. The summed E-state index contributed by atoms with van der Waals surface area (Å²) in [6.45, 7) is 20.3. The van der Waals surface area contributed by atoms with Crippen LogP contribution < -0.4 is 0 Å². The van der Waals surface area contributed by atoms with Crippen LogP contribution in [-0.4, -0.2) is 0 Å². The SMILES string of the molecule is CC(C)=CCC=C(C)[C@H]1CC[C@@]2(C)[C@@H]1CC[C@@H]1[C@@]3(C)CCCC(C)(C)C3CC[C@]12C. The zero-order chi connectivity index (χ0) is 21.9. The maximum Gasteiger partial charge on any atom is -0.0164 e. The van der Waals surface area contributed by atoms with Crippen LogP contribution >= 0.6 is 0 Å². The minimum atomic E-state index is 0.543. The van der Waals surface area contributed by atoms with Crippen LogP contribution in [0.25, 0.3) is 0 Å². The predicted octanol–water partition coefficient (Wildman–Crippen LogP) is 9.36. The highest BCUT2D eigenvalue weighted by Gasteiger charge is 2.67. The standard InChI is InChI=1S/C30H50/c1-21(2)11-9-12-22(3)23-15-19-29(7)24(23)13-14-26-28(6)18-10-17-27(4,5)25(28)16-20-30(26,29)8/h11-12,23-26H,9-10,13-20H2,1-8H3/t23-,24-,25?,26-,28+,29+,30-/m1/s1. The van der Waals surface area contributed by atoms with E-state index in [-0.39, 0.29) is 0 Å². The molecule has 4 aliphatic carbocycles. The van der Waals surface area contributed by atoms with E-state index in [1.54, 1.807) is 5.57 Å². The highest BCUT2D eigenvalue weighted by atomic mass is 14.7. The summed E-state index contributed by atoms with van der Waals surface area (Å²) in [4.78, 5) is 0. The van der Waals surface area contributed by atoms with Crippen molar-refractivity contribution < 1.29 is 0 Å². The number of hydrogen-bond acceptors (Lipinski definition) is 0. The molecule has 0 heterocycles. The maximum atomic E-state index is 2.76. The van der Waals surface area contributed by atoms with Gasteiger partial charge in [0.05, 0.1) is 0 Å². The van der Waals surface area contributed by atoms with Crippen molar-refractivity contribution in [3.63, 3.8) is 0 Å². The van der Waals surface area contributed by atoms with Crippen LogP contribution in [0.4, 0.5) is 0 Å². The minimum Gasteiger partial charge on any atom is -0.0821 e. The number of hydrogen-bond donors (Lipinski definition) is 0. The highest BCUT2D eigenvalue weighted by Crippen LogP contribution is 2.75. The van der Waals surface area contributed by atoms with E-state index >= 15 is 0 Å². The lowest BCUT2D eigenvalue weighted by Gasteiger charge is -2.69. The summed E-state index contributed by atoms with van der Waals surface area (Å²) in [5.74, 6) is 3.64. The summed E-state index contributed by atoms with van der Waals surface area (Å²) < 4.78 is 0. The fourth-order valence-corrected chi connectivity index (χ4v) is 10.0. The Morgan fingerprint density at radius 1 is 0.733 bits per heavy atom. The first kappa shape index (κ1) is 22.7. The lowest BCUT2D eigenvalue weighted by atomic mass is 9.36. The van der Waals surface area contributed by atoms with Gasteiger partial charge in [-0.05, 0) is 124 Å². The van der Waals surface area contributed by atoms with E-state index in [2.05, 4.69) is 67.5 Å². The first-order valence-corrected chi connectivity index (χ1v) is 13.3. The molecule has 4 aliphatic rings. The molecule has 0 amide bonds. The summed E-state index contributed by atoms with van der Waals surface area (Å²) >= 11 is 0. The molecule has 170 valence electrons. The van der Waals surface area contributed by atoms with Crippen LogP contribution in [0, 0.1) is 45.3 Å². The van der Waals surface area contributed by atoms with Crippen molar-refractivity contribution in [2.75, 3.05) is 0 Å². The average molecular weight is 411 g/mol. The molecule has 0 aromatic heterocycles. The second kappa shape index (κ2) is 7.52. The summed E-state index contributed by atoms with van der Waals surface area (Å²) in [5.41, 5.74) is 5.36. The second-order valence-corrected chi connectivity index (χ2v) is 13.6. The predicted molar refractivity (Wildman–Crippen MR) is 131 cm³/mol. The molecule has 0 spiro atoms. The normalized spacial score (nSPS) is 47.8. The van der Waals surface area contributed by atoms with Gasteiger partial charge in [-0.15, -0.1) is 0 Å². The van der Waals surface area contributed by atoms with Gasteiger partial charge >= 0.3 is 0 Å². The first-order chi connectivity index (χ1) is 14.0. The molecular formula is C30H50. The molecule has 0 nitrogen and oxygen atoms in total. The van der Waals surface area contributed by atoms with Gasteiger partial charge in [0.15, 0.2) is 0 Å². The minimum absolute atomic E-state index is 0.543. The Hall–Kier alpha value is -0.520. The average Bonchev–Trinajstić information content (AvgIpc) is 2.99. The van der Waals surface area contributed by atoms with Gasteiger partial charge in [-0.25, -0.2) is 0 Å². The van der Waals surface area contributed by atoms with Gasteiger partial charge in [-0.3, -0.25) is 0 Å². The maximum absolute atomic E-state index is 2.76. The summed E-state index contributed by atoms with van der Waals surface area (Å²) in [6.07, 6.45) is 19.3. The zero-order valence-electron chi connectivity index (χ0n) is 21.5. The summed E-state index contributed by atoms with van der Waals surface area (Å²) in [7, 11) is 0. The molecule has 4 fully saturated rings. The Labute approximate surface area is 188 Å². The fraction of sp³-hybridized carbons (Fsp3) is 0.867. The van der Waals surface area contributed by atoms with Crippen molar-refractivity contribution in [3.05, 3.63) is 23.3 Å². The molecule has 1 unspecified atom stereocenters. The molecular weight excluding hydrogens is 360 g/mol. The Bertz CT molecular complexity index is 718. The first-order valence-electron chi connectivity index (χ1n) is 13.3. The van der Waals surface area contributed by atoms with Gasteiger partial charge in [-0.1, -0.05) is 64.3 Å². The van der Waals surface area contributed by atoms with Crippen LogP contribution in [0.1, 0.15) is 120 Å². The zero-order valence-corrected chi connectivity index (χ0v) is 21.5. The lowest BCUT2D eigenvalue weighted by molar-refractivity contribution is -0.201. The highest BCUT2D eigenvalue weighted by molar-refractivity contribution is 5.21. The Morgan fingerprint density at radius 3 is 2.13 bits per heavy atom. The van der Waals surface area contributed by atoms with Crippen molar-refractivity contribution in [2.24, 2.45) is 45.3 Å². The third-order valence-electron chi connectivity index (χ3n) is 11.7. The second-order valence-electron chi connectivity index (χ2n) is 13.6. The molecule has 0 N–H and O–H groups in total. The van der Waals surface area contributed by atoms with Gasteiger partial charge < -0.3 is 0 Å². The quantitative estimate of drug-likeness (QED) is 0.406. The van der Waals surface area contributed by atoms with Crippen molar-refractivity contribution >= 4 is 0 Å². The van der Waals surface area contributed by atoms with Crippen molar-refractivity contribution in [1.82, 2.24) is 0 Å². The van der Waals surface area contributed by atoms with Gasteiger partial charge in [0.2, 0.25) is 0 Å². The molecule has 0 aliphatic heterocycles. The Morgan fingerprint density at radius 2 is 1.43 bits per heavy atom. The van der Waals surface area contributed by atoms with E-state index in [4.69, 9.17) is 0 Å². The van der Waals surface area contributed by atoms with E-state index in [1.165, 1.54) is 63.4 Å². The van der Waals surface area contributed by atoms with Gasteiger partial charge in [-0.2, -0.15) is 0 Å². The monoisotopic (exact) mass is 410 g/mol. The molecule has 30 heavy (non-hydrogen) atoms. The number of rotatable bonds is 3. The molecule has 0 aromatic carbocycles. The Kier molecular flexibility index (Phi) is 5.68. The van der Waals surface area contributed by atoms with Crippen molar-refractivity contribution in [2.45, 2.75) is 120 Å². The third-order valence-corrected chi connectivity index (χ3v) is 11.7. The molecule has 0 bridgehead atoms. The molecule has 0 aromatic rings. The van der Waals surface area contributed by atoms with Gasteiger partial charge in [0, 0.05) is 0 Å². The van der Waals surface area contributed by atoms with Crippen LogP contribution in [0.15, 0.2) is 23.3 Å². The van der Waals surface area contributed by atoms with Crippen LogP contribution in [-0.2, 0) is 0 Å². The topological polar surface area (TPSA) is 0 Å². The summed E-state index contributed by atoms with van der Waals surface area (Å²) in [5, 5.41) is 0. The molecule has 4 rings (SSSR count). The van der Waals surface area contributed by atoms with Gasteiger partial charge in [0.1, 0.15) is 0 Å². The van der Waals surface area contributed by atoms with E-state index < -0.39 is 0 Å². The van der Waals surface area contributed by atoms with Gasteiger partial charge in [0.25, 0.3) is 0 Å². The van der Waals surface area contributed by atoms with Crippen LogP contribution in [0.3, 0.4) is 0 Å². The lowest BCUT2D eigenvalue weighted by Crippen LogP contribution is -2.62. The van der Waals surface area contributed by atoms with E-state index in [0.29, 0.717) is 21.7 Å². The molecule has 7 atom stereocenters. The molecule has 0 radical (unpaired) electrons. The molecule has 0 heteroatoms. The van der Waals surface area contributed by atoms with Crippen LogP contribution in [0.2, 0.25) is 0 Å². The molecule has 0 saturated heterocycles. The van der Waals surface area contributed by atoms with Crippen LogP contribution in [0.5, 0.6) is 0 Å². The third kappa shape index (κ3) is 3.21. The smallest absolute Gasteiger partial charge is 0.0164 e. The van der Waals surface area contributed by atoms with E-state index in [9.17, 15) is 0 Å². The largest absolute Gasteiger partial charge is 0.0821 e. The van der Waals surface area contributed by atoms with Crippen molar-refractivity contribution in [1.29, 1.82) is 0 Å². The van der Waals surface area contributed by atoms with Crippen molar-refractivity contribution in [3.8, 4) is 0 Å². The van der Waals surface area contributed by atoms with E-state index in [0.717, 1.165) is 30.1 Å². The fourth-order valence-electron chi connectivity index (χ4n) is 10.0. The van der Waals surface area contributed by atoms with E-state index in [1.807, 2.05) is 0 Å². The summed E-state index contributed by atoms with van der Waals surface area (Å²) in [6, 6.07) is 0. The molecule has 4 saturated carbocycles.